The predicted molar refractivity (Wildman–Crippen MR) is 97.3 cm³/mol. The van der Waals surface area contributed by atoms with E-state index in [0.29, 0.717) is 0 Å². The van der Waals surface area contributed by atoms with Gasteiger partial charge in [0.1, 0.15) is 0 Å². The molecule has 0 saturated carbocycles. The van der Waals surface area contributed by atoms with E-state index < -0.39 is 0 Å². The van der Waals surface area contributed by atoms with E-state index in [1.165, 1.54) is 21.8 Å². The molecule has 4 aromatic rings. The lowest BCUT2D eigenvalue weighted by molar-refractivity contribution is 1.30. The summed E-state index contributed by atoms with van der Waals surface area (Å²) in [6.45, 7) is 3.87. The van der Waals surface area contributed by atoms with Crippen molar-refractivity contribution in [1.82, 2.24) is 4.57 Å². The van der Waals surface area contributed by atoms with Gasteiger partial charge in [-0.3, -0.25) is 0 Å². The van der Waals surface area contributed by atoms with E-state index >= 15 is 0 Å². The van der Waals surface area contributed by atoms with Gasteiger partial charge in [-0.05, 0) is 24.3 Å². The van der Waals surface area contributed by atoms with E-state index in [2.05, 4.69) is 59.7 Å². The first-order chi connectivity index (χ1) is 10.8. The highest BCUT2D eigenvalue weighted by molar-refractivity contribution is 6.30. The van der Waals surface area contributed by atoms with Crippen molar-refractivity contribution in [1.29, 1.82) is 0 Å². The van der Waals surface area contributed by atoms with Crippen molar-refractivity contribution < 1.29 is 0 Å². The molecule has 0 aliphatic heterocycles. The Morgan fingerprint density at radius 3 is 1.55 bits per heavy atom. The van der Waals surface area contributed by atoms with Crippen LogP contribution in [-0.2, 0) is 0 Å². The Morgan fingerprint density at radius 2 is 1.14 bits per heavy atom. The smallest absolute Gasteiger partial charge is 0.0534 e. The Morgan fingerprint density at radius 1 is 0.682 bits per heavy atom. The highest BCUT2D eigenvalue weighted by Crippen LogP contribution is 2.28. The van der Waals surface area contributed by atoms with Gasteiger partial charge >= 0.3 is 0 Å². The summed E-state index contributed by atoms with van der Waals surface area (Å²) in [5.41, 5.74) is 2.43. The maximum absolute atomic E-state index is 5.54. The van der Waals surface area contributed by atoms with Gasteiger partial charge in [-0.1, -0.05) is 72.8 Å². The van der Waals surface area contributed by atoms with Crippen LogP contribution in [0.25, 0.3) is 28.0 Å². The molecule has 0 atom stereocenters. The molecule has 0 aliphatic carbocycles. The minimum atomic E-state index is 0.794. The molecule has 0 aliphatic rings. The molecule has 0 bridgehead atoms. The summed E-state index contributed by atoms with van der Waals surface area (Å²) < 4.78 is 2.13. The van der Waals surface area contributed by atoms with Gasteiger partial charge in [-0.25, -0.2) is 0 Å². The summed E-state index contributed by atoms with van der Waals surface area (Å²) >= 11 is 5.54. The second-order valence-corrected chi connectivity index (χ2v) is 5.32. The molecule has 0 N–H and O–H groups in total. The Labute approximate surface area is 135 Å². The fourth-order valence-corrected chi connectivity index (χ4v) is 2.71. The number of halogens is 1. The van der Waals surface area contributed by atoms with E-state index in [4.69, 9.17) is 11.6 Å². The number of para-hydroxylation sites is 2. The second-order valence-electron chi connectivity index (χ2n) is 4.88. The van der Waals surface area contributed by atoms with Gasteiger partial charge in [0.15, 0.2) is 0 Å². The highest BCUT2D eigenvalue weighted by atomic mass is 35.5. The lowest BCUT2D eigenvalue weighted by atomic mass is 10.2. The van der Waals surface area contributed by atoms with Crippen LogP contribution in [0.2, 0.25) is 5.02 Å². The van der Waals surface area contributed by atoms with Crippen molar-refractivity contribution in [2.45, 2.75) is 0 Å². The number of rotatable bonds is 1. The molecule has 3 aromatic carbocycles. The third kappa shape index (κ3) is 2.76. The number of benzene rings is 3. The van der Waals surface area contributed by atoms with Crippen LogP contribution in [0.1, 0.15) is 0 Å². The molecule has 0 fully saturated rings. The number of aromatic nitrogens is 1. The first-order valence-electron chi connectivity index (χ1n) is 7.12. The third-order valence-electron chi connectivity index (χ3n) is 3.53. The normalized spacial score (nSPS) is 10.2. The highest BCUT2D eigenvalue weighted by Gasteiger charge is 2.06. The summed E-state index contributed by atoms with van der Waals surface area (Å²) in [6.07, 6.45) is 1.87. The molecule has 1 nitrogen and oxygen atoms in total. The molecule has 4 rings (SSSR count). The topological polar surface area (TPSA) is 4.93 Å². The number of hydrogen-bond donors (Lipinski definition) is 0. The maximum Gasteiger partial charge on any atom is 0.0534 e. The molecule has 0 saturated heterocycles. The minimum absolute atomic E-state index is 0.794. The zero-order valence-electron chi connectivity index (χ0n) is 12.1. The van der Waals surface area contributed by atoms with E-state index in [0.717, 1.165) is 5.02 Å². The fourth-order valence-electron chi connectivity index (χ4n) is 2.56. The zero-order chi connectivity index (χ0) is 15.4. The molecule has 22 heavy (non-hydrogen) atoms. The van der Waals surface area contributed by atoms with Crippen molar-refractivity contribution in [2.75, 3.05) is 0 Å². The molecule has 2 heteroatoms. The van der Waals surface area contributed by atoms with Crippen molar-refractivity contribution >= 4 is 39.6 Å². The predicted octanol–water partition coefficient (Wildman–Crippen LogP) is 6.24. The summed E-state index contributed by atoms with van der Waals surface area (Å²) in [4.78, 5) is 0. The molecule has 0 unspecified atom stereocenters. The summed E-state index contributed by atoms with van der Waals surface area (Å²) in [5, 5.41) is 3.36. The average molecular weight is 306 g/mol. The number of fused-ring (bicyclic) bond motifs is 3. The molecule has 1 heterocycles. The summed E-state index contributed by atoms with van der Waals surface area (Å²) in [7, 11) is 0. The molecule has 108 valence electrons. The Kier molecular flexibility index (Phi) is 4.27. The number of hydrogen-bond acceptors (Lipinski definition) is 0. The third-order valence-corrected chi connectivity index (χ3v) is 3.79. The van der Waals surface area contributed by atoms with Crippen LogP contribution in [0.15, 0.2) is 85.4 Å². The van der Waals surface area contributed by atoms with Gasteiger partial charge < -0.3 is 4.57 Å². The Hall–Kier alpha value is -2.51. The molecule has 1 aromatic heterocycles. The monoisotopic (exact) mass is 305 g/mol. The zero-order valence-corrected chi connectivity index (χ0v) is 12.9. The molecule has 0 spiro atoms. The lowest BCUT2D eigenvalue weighted by Crippen LogP contribution is -1.82. The number of nitrogens with zero attached hydrogens (tertiary/aromatic N) is 1. The summed E-state index contributed by atoms with van der Waals surface area (Å²) in [6, 6.07) is 26.2. The van der Waals surface area contributed by atoms with Gasteiger partial charge in [0.25, 0.3) is 0 Å². The molecule has 0 amide bonds. The SMILES string of the molecule is C=Cn1c2ccccc2c2ccccc21.Clc1ccccc1. The summed E-state index contributed by atoms with van der Waals surface area (Å²) in [5.74, 6) is 0. The second kappa shape index (κ2) is 6.50. The van der Waals surface area contributed by atoms with E-state index in [9.17, 15) is 0 Å². The Balaban J connectivity index is 0.000000174. The minimum Gasteiger partial charge on any atom is -0.317 e. The van der Waals surface area contributed by atoms with Crippen LogP contribution in [0.5, 0.6) is 0 Å². The quantitative estimate of drug-likeness (QED) is 0.392. The van der Waals surface area contributed by atoms with Crippen LogP contribution in [-0.4, -0.2) is 4.57 Å². The van der Waals surface area contributed by atoms with E-state index in [1.54, 1.807) is 0 Å². The van der Waals surface area contributed by atoms with Crippen LogP contribution in [0.4, 0.5) is 0 Å². The van der Waals surface area contributed by atoms with Crippen molar-refractivity contribution in [3.8, 4) is 0 Å². The van der Waals surface area contributed by atoms with Crippen molar-refractivity contribution in [2.24, 2.45) is 0 Å². The molecule has 0 radical (unpaired) electrons. The standard InChI is InChI=1S/C14H11N.C6H5Cl/c1-2-15-13-9-5-3-7-11(13)12-8-4-6-10-14(12)15;7-6-4-2-1-3-5-6/h2-10H,1H2;1-5H. The Bertz CT molecular complexity index is 853. The van der Waals surface area contributed by atoms with Crippen LogP contribution >= 0.6 is 11.6 Å². The van der Waals surface area contributed by atoms with Crippen molar-refractivity contribution in [3.05, 3.63) is 90.5 Å². The van der Waals surface area contributed by atoms with Gasteiger partial charge in [0, 0.05) is 22.0 Å². The van der Waals surface area contributed by atoms with E-state index in [-0.39, 0.29) is 0 Å². The first-order valence-corrected chi connectivity index (χ1v) is 7.50. The van der Waals surface area contributed by atoms with Crippen LogP contribution in [0, 0.1) is 0 Å². The van der Waals surface area contributed by atoms with Gasteiger partial charge in [0.05, 0.1) is 11.0 Å². The lowest BCUT2D eigenvalue weighted by Gasteiger charge is -1.97. The first kappa shape index (κ1) is 14.4. The van der Waals surface area contributed by atoms with Crippen molar-refractivity contribution in [3.63, 3.8) is 0 Å². The van der Waals surface area contributed by atoms with E-state index in [1.807, 2.05) is 36.5 Å². The fraction of sp³-hybridized carbons (Fsp3) is 0. The molecular formula is C20H16ClN. The van der Waals surface area contributed by atoms with Gasteiger partial charge in [-0.2, -0.15) is 0 Å². The molecular weight excluding hydrogens is 290 g/mol. The van der Waals surface area contributed by atoms with Gasteiger partial charge in [0.2, 0.25) is 0 Å². The average Bonchev–Trinajstić information content (AvgIpc) is 2.90. The maximum atomic E-state index is 5.54. The largest absolute Gasteiger partial charge is 0.317 e. The van der Waals surface area contributed by atoms with Gasteiger partial charge in [-0.15, -0.1) is 0 Å². The van der Waals surface area contributed by atoms with Crippen LogP contribution < -0.4 is 0 Å². The van der Waals surface area contributed by atoms with Crippen LogP contribution in [0.3, 0.4) is 0 Å².